The third kappa shape index (κ3) is 4.09. The second-order valence-electron chi connectivity index (χ2n) is 5.52. The molecule has 0 unspecified atom stereocenters. The van der Waals surface area contributed by atoms with Gasteiger partial charge in [-0.3, -0.25) is 0 Å². The maximum atomic E-state index is 2.24. The van der Waals surface area contributed by atoms with Crippen LogP contribution in [0, 0.1) is 55.4 Å². The summed E-state index contributed by atoms with van der Waals surface area (Å²) in [6.07, 6.45) is 0. The minimum absolute atomic E-state index is 0. The van der Waals surface area contributed by atoms with Crippen molar-refractivity contribution in [2.24, 2.45) is 0 Å². The van der Waals surface area contributed by atoms with E-state index in [1.165, 1.54) is 44.5 Å². The van der Waals surface area contributed by atoms with Gasteiger partial charge in [0.15, 0.2) is 0 Å². The molecule has 0 amide bonds. The molecule has 0 bridgehead atoms. The Morgan fingerprint density at radius 1 is 0.632 bits per heavy atom. The molecule has 1 heteroatoms. The summed E-state index contributed by atoms with van der Waals surface area (Å²) in [5.74, 6) is 0. The molecule has 107 valence electrons. The van der Waals surface area contributed by atoms with E-state index in [0.717, 1.165) is 0 Å². The molecule has 0 saturated carbocycles. The van der Waals surface area contributed by atoms with Gasteiger partial charge in [-0.15, -0.1) is 0 Å². The van der Waals surface area contributed by atoms with Crippen LogP contribution < -0.4 is 0 Å². The Hall–Kier alpha value is -0.794. The zero-order valence-electron chi connectivity index (χ0n) is 13.5. The maximum absolute atomic E-state index is 2.24. The van der Waals surface area contributed by atoms with Crippen LogP contribution in [-0.2, 0) is 16.8 Å². The van der Waals surface area contributed by atoms with E-state index in [1.54, 1.807) is 0 Å². The summed E-state index contributed by atoms with van der Waals surface area (Å²) in [6.45, 7) is 17.4. The van der Waals surface area contributed by atoms with Gasteiger partial charge in [0, 0.05) is 0 Å². The summed E-state index contributed by atoms with van der Waals surface area (Å²) in [5, 5.41) is 0. The molecule has 0 N–H and O–H groups in total. The minimum Gasteiger partial charge on any atom is -0.199 e. The van der Waals surface area contributed by atoms with E-state index in [-0.39, 0.29) is 16.8 Å². The topological polar surface area (TPSA) is 0 Å². The first-order valence-electron chi connectivity index (χ1n) is 6.65. The van der Waals surface area contributed by atoms with Crippen LogP contribution in [0.15, 0.2) is 12.1 Å². The summed E-state index contributed by atoms with van der Waals surface area (Å²) < 4.78 is 0. The van der Waals surface area contributed by atoms with Gasteiger partial charge in [0.25, 0.3) is 0 Å². The number of rotatable bonds is 0. The molecule has 0 atom stereocenters. The zero-order chi connectivity index (χ0) is 14.0. The second kappa shape index (κ2) is 7.11. The first-order valence-corrected chi connectivity index (χ1v) is 6.65. The molecule has 2 aromatic carbocycles. The van der Waals surface area contributed by atoms with Crippen LogP contribution in [0.1, 0.15) is 44.5 Å². The number of hydrogen-bond donors (Lipinski definition) is 0. The predicted molar refractivity (Wildman–Crippen MR) is 82.0 cm³/mol. The molecule has 1 radical (unpaired) electrons. The Morgan fingerprint density at radius 3 is 0.947 bits per heavy atom. The molecule has 0 aromatic heterocycles. The Bertz CT molecular complexity index is 443. The standard InChI is InChI=1S/2C9H13.Co/c2*1-6-5-7(2)9(4)8(6)3;/h2*5H,1-4H3;/q2*-1;+2. The van der Waals surface area contributed by atoms with E-state index in [9.17, 15) is 0 Å². The molecular formula is C18H26Co. The van der Waals surface area contributed by atoms with E-state index in [1.807, 2.05) is 0 Å². The van der Waals surface area contributed by atoms with Gasteiger partial charge in [0.2, 0.25) is 0 Å². The fourth-order valence-electron chi connectivity index (χ4n) is 2.27. The fourth-order valence-corrected chi connectivity index (χ4v) is 2.27. The molecule has 0 aliphatic carbocycles. The number of aryl methyl sites for hydroxylation is 4. The van der Waals surface area contributed by atoms with Crippen LogP contribution in [-0.4, -0.2) is 0 Å². The molecule has 2 aromatic rings. The molecular weight excluding hydrogens is 275 g/mol. The molecule has 0 fully saturated rings. The van der Waals surface area contributed by atoms with E-state index >= 15 is 0 Å². The van der Waals surface area contributed by atoms with E-state index in [4.69, 9.17) is 0 Å². The third-order valence-electron chi connectivity index (χ3n) is 4.36. The molecule has 0 nitrogen and oxygen atoms in total. The van der Waals surface area contributed by atoms with Gasteiger partial charge in [-0.05, 0) is 0 Å². The Morgan fingerprint density at radius 2 is 0.895 bits per heavy atom. The molecule has 0 aliphatic heterocycles. The molecule has 19 heavy (non-hydrogen) atoms. The molecule has 0 saturated heterocycles. The average molecular weight is 301 g/mol. The maximum Gasteiger partial charge on any atom is 2.00 e. The van der Waals surface area contributed by atoms with Crippen LogP contribution in [0.3, 0.4) is 0 Å². The van der Waals surface area contributed by atoms with Gasteiger partial charge in [0.05, 0.1) is 0 Å². The van der Waals surface area contributed by atoms with Crippen molar-refractivity contribution < 1.29 is 16.8 Å². The summed E-state index contributed by atoms with van der Waals surface area (Å²) in [5.41, 5.74) is 11.5. The number of hydrogen-bond acceptors (Lipinski definition) is 0. The predicted octanol–water partition coefficient (Wildman–Crippen LogP) is 5.28. The Kier molecular flexibility index (Phi) is 6.82. The van der Waals surface area contributed by atoms with Crippen molar-refractivity contribution in [1.29, 1.82) is 0 Å². The van der Waals surface area contributed by atoms with Crippen LogP contribution in [0.4, 0.5) is 0 Å². The smallest absolute Gasteiger partial charge is 0.199 e. The first kappa shape index (κ1) is 18.2. The average Bonchev–Trinajstić information content (AvgIpc) is 2.66. The van der Waals surface area contributed by atoms with Crippen molar-refractivity contribution in [3.8, 4) is 0 Å². The SMILES string of the molecule is Cc1c[c-](C)c(C)c1C.Cc1c[c-](C)c(C)c1C.[Co+2]. The first-order chi connectivity index (χ1) is 8.25. The van der Waals surface area contributed by atoms with Gasteiger partial charge in [0.1, 0.15) is 0 Å². The zero-order valence-corrected chi connectivity index (χ0v) is 14.5. The van der Waals surface area contributed by atoms with Crippen LogP contribution in [0.25, 0.3) is 0 Å². The van der Waals surface area contributed by atoms with Crippen molar-refractivity contribution in [1.82, 2.24) is 0 Å². The summed E-state index contributed by atoms with van der Waals surface area (Å²) in [7, 11) is 0. The molecule has 0 aliphatic rings. The van der Waals surface area contributed by atoms with Gasteiger partial charge in [-0.1, -0.05) is 55.4 Å². The quantitative estimate of drug-likeness (QED) is 0.581. The van der Waals surface area contributed by atoms with Crippen LogP contribution in [0.2, 0.25) is 0 Å². The Labute approximate surface area is 129 Å². The van der Waals surface area contributed by atoms with E-state index in [2.05, 4.69) is 67.5 Å². The molecule has 0 heterocycles. The summed E-state index contributed by atoms with van der Waals surface area (Å²) >= 11 is 0. The van der Waals surface area contributed by atoms with Crippen molar-refractivity contribution in [2.75, 3.05) is 0 Å². The summed E-state index contributed by atoms with van der Waals surface area (Å²) in [6, 6.07) is 4.48. The van der Waals surface area contributed by atoms with E-state index < -0.39 is 0 Å². The van der Waals surface area contributed by atoms with Crippen molar-refractivity contribution in [3.63, 3.8) is 0 Å². The van der Waals surface area contributed by atoms with Gasteiger partial charge in [-0.25, -0.2) is 0 Å². The largest absolute Gasteiger partial charge is 2.00 e. The van der Waals surface area contributed by atoms with Crippen LogP contribution in [0.5, 0.6) is 0 Å². The molecule has 0 spiro atoms. The van der Waals surface area contributed by atoms with E-state index in [0.29, 0.717) is 0 Å². The monoisotopic (exact) mass is 301 g/mol. The molecule has 2 rings (SSSR count). The third-order valence-corrected chi connectivity index (χ3v) is 4.36. The van der Waals surface area contributed by atoms with Gasteiger partial charge in [-0.2, -0.15) is 56.6 Å². The van der Waals surface area contributed by atoms with Crippen molar-refractivity contribution >= 4 is 0 Å². The second-order valence-corrected chi connectivity index (χ2v) is 5.52. The summed E-state index contributed by atoms with van der Waals surface area (Å²) in [4.78, 5) is 0. The fraction of sp³-hybridized carbons (Fsp3) is 0.444. The van der Waals surface area contributed by atoms with Gasteiger partial charge < -0.3 is 0 Å². The minimum atomic E-state index is 0. The van der Waals surface area contributed by atoms with Crippen molar-refractivity contribution in [3.05, 3.63) is 56.6 Å². The van der Waals surface area contributed by atoms with Crippen molar-refractivity contribution in [2.45, 2.75) is 55.4 Å². The van der Waals surface area contributed by atoms with Gasteiger partial charge >= 0.3 is 16.8 Å². The Balaban J connectivity index is 0.000000324. The normalized spacial score (nSPS) is 9.68. The van der Waals surface area contributed by atoms with Crippen LogP contribution >= 0.6 is 0 Å².